The third kappa shape index (κ3) is 7.78. The summed E-state index contributed by atoms with van der Waals surface area (Å²) < 4.78 is 38.4. The monoisotopic (exact) mass is 748 g/mol. The van der Waals surface area contributed by atoms with E-state index in [0.29, 0.717) is 28.6 Å². The van der Waals surface area contributed by atoms with Gasteiger partial charge in [0, 0.05) is 33.6 Å². The molecule has 1 aliphatic heterocycles. The number of nitriles is 1. The van der Waals surface area contributed by atoms with Gasteiger partial charge in [-0.1, -0.05) is 25.1 Å². The summed E-state index contributed by atoms with van der Waals surface area (Å²) in [7, 11) is 0. The van der Waals surface area contributed by atoms with Crippen molar-refractivity contribution in [3.05, 3.63) is 117 Å². The van der Waals surface area contributed by atoms with Crippen molar-refractivity contribution in [1.82, 2.24) is 20.1 Å². The number of rotatable bonds is 10. The first-order valence-corrected chi connectivity index (χ1v) is 16.5. The number of thiazole rings is 1. The van der Waals surface area contributed by atoms with Crippen LogP contribution >= 0.6 is 11.3 Å². The van der Waals surface area contributed by atoms with E-state index < -0.39 is 23.2 Å². The Morgan fingerprint density at radius 3 is 2.59 bits per heavy atom. The number of carbonyl (C=O) groups is 1. The van der Waals surface area contributed by atoms with Crippen LogP contribution in [0.25, 0.3) is 11.3 Å². The standard InChI is InChI=1S/C36H35F2N6O3S.BrH/c1-22-13-26(14-23(2)33(22)47-35(45)31-5-4-12-40-31)17-43-20-41-44(21-43)19-36(46,29-11-10-28(37)15-30(29)38)24(3)34-42-32(18-48-34)27-8-6-25(16-39)7-9-27;/h6-11,13-15,18,20-21,24,31,40,46H,4-5,12,17,19H2,1-3H3;1H/q+1;/p-1/t24-,31-,36+;/m0./s1. The number of hydrogen-bond acceptors (Lipinski definition) is 8. The molecule has 9 nitrogen and oxygen atoms in total. The zero-order chi connectivity index (χ0) is 34.0. The Bertz CT molecular complexity index is 1980. The zero-order valence-corrected chi connectivity index (χ0v) is 29.6. The number of hydrogen-bond donors (Lipinski definition) is 2. The van der Waals surface area contributed by atoms with E-state index in [1.165, 1.54) is 22.1 Å². The summed E-state index contributed by atoms with van der Waals surface area (Å²) in [6.07, 6.45) is 5.04. The molecule has 49 heavy (non-hydrogen) atoms. The van der Waals surface area contributed by atoms with Crippen molar-refractivity contribution in [3.8, 4) is 23.1 Å². The van der Waals surface area contributed by atoms with Gasteiger partial charge >= 0.3 is 5.97 Å². The van der Waals surface area contributed by atoms with E-state index in [1.54, 1.807) is 43.8 Å². The van der Waals surface area contributed by atoms with Gasteiger partial charge in [0.05, 0.1) is 28.9 Å². The molecule has 1 aliphatic rings. The van der Waals surface area contributed by atoms with Gasteiger partial charge in [0.2, 0.25) is 6.33 Å². The number of benzene rings is 3. The second-order valence-electron chi connectivity index (χ2n) is 12.3. The lowest BCUT2D eigenvalue weighted by atomic mass is 9.82. The van der Waals surface area contributed by atoms with Crippen LogP contribution in [0, 0.1) is 36.8 Å². The maximum absolute atomic E-state index is 15.3. The Labute approximate surface area is 297 Å². The first-order valence-electron chi connectivity index (χ1n) is 15.6. The topological polar surface area (TPSA) is 117 Å². The number of nitrogens with zero attached hydrogens (tertiary/aromatic N) is 5. The molecule has 13 heteroatoms. The highest BCUT2D eigenvalue weighted by atomic mass is 79.9. The van der Waals surface area contributed by atoms with E-state index in [9.17, 15) is 14.3 Å². The minimum atomic E-state index is -1.85. The Balaban J connectivity index is 0.00000468. The summed E-state index contributed by atoms with van der Waals surface area (Å²) in [4.78, 5) is 17.4. The Morgan fingerprint density at radius 2 is 1.94 bits per heavy atom. The van der Waals surface area contributed by atoms with Crippen molar-refractivity contribution >= 4 is 17.3 Å². The molecular formula is C36H35BrF2N6O3S. The van der Waals surface area contributed by atoms with Crippen LogP contribution in [-0.2, 0) is 23.5 Å². The average Bonchev–Trinajstić information content (AvgIpc) is 3.86. The van der Waals surface area contributed by atoms with E-state index in [0.717, 1.165) is 53.8 Å². The van der Waals surface area contributed by atoms with Crippen LogP contribution in [0.5, 0.6) is 5.75 Å². The maximum Gasteiger partial charge on any atom is 0.328 e. The highest BCUT2D eigenvalue weighted by molar-refractivity contribution is 7.10. The van der Waals surface area contributed by atoms with Gasteiger partial charge in [-0.25, -0.2) is 23.1 Å². The SMILES string of the molecule is Cc1cc(C[n+]2cnn(C[C@](O)(c3ccc(F)cc3F)[C@@H](C)c3nc(-c4ccc(C#N)cc4)cs3)c2)cc(C)c1OC(=O)[C@@H]1CCCN1.[Br-]. The van der Waals surface area contributed by atoms with Crippen molar-refractivity contribution < 1.29 is 45.0 Å². The molecule has 0 radical (unpaired) electrons. The van der Waals surface area contributed by atoms with E-state index >= 15 is 4.39 Å². The second-order valence-corrected chi connectivity index (χ2v) is 13.2. The minimum Gasteiger partial charge on any atom is -1.00 e. The van der Waals surface area contributed by atoms with Crippen molar-refractivity contribution in [2.75, 3.05) is 6.54 Å². The molecule has 2 aromatic heterocycles. The molecule has 3 atom stereocenters. The number of carbonyl (C=O) groups excluding carboxylic acids is 1. The van der Waals surface area contributed by atoms with Crippen LogP contribution in [0.15, 0.2) is 72.6 Å². The number of esters is 1. The molecule has 0 unspecified atom stereocenters. The Morgan fingerprint density at radius 1 is 1.20 bits per heavy atom. The number of aliphatic hydroxyl groups is 1. The van der Waals surface area contributed by atoms with Crippen molar-refractivity contribution in [3.63, 3.8) is 0 Å². The maximum atomic E-state index is 15.3. The largest absolute Gasteiger partial charge is 1.00 e. The lowest BCUT2D eigenvalue weighted by Crippen LogP contribution is -3.00. The van der Waals surface area contributed by atoms with Crippen LogP contribution < -0.4 is 31.6 Å². The molecule has 1 saturated heterocycles. The van der Waals surface area contributed by atoms with Crippen molar-refractivity contribution in [2.45, 2.75) is 64.3 Å². The molecule has 3 aromatic carbocycles. The fraction of sp³-hybridized carbons (Fsp3) is 0.306. The first kappa shape index (κ1) is 35.9. The lowest BCUT2D eigenvalue weighted by molar-refractivity contribution is -0.689. The minimum absolute atomic E-state index is 0. The molecule has 254 valence electrons. The van der Waals surface area contributed by atoms with Gasteiger partial charge in [-0.2, -0.15) is 5.26 Å². The van der Waals surface area contributed by atoms with E-state index in [-0.39, 0.29) is 41.1 Å². The third-order valence-corrected chi connectivity index (χ3v) is 9.81. The summed E-state index contributed by atoms with van der Waals surface area (Å²) in [6.45, 7) is 6.67. The number of aromatic nitrogens is 4. The Kier molecular flexibility index (Phi) is 11.0. The van der Waals surface area contributed by atoms with E-state index in [2.05, 4.69) is 16.5 Å². The highest BCUT2D eigenvalue weighted by Gasteiger charge is 2.43. The van der Waals surface area contributed by atoms with Gasteiger partial charge in [0.1, 0.15) is 35.6 Å². The third-order valence-electron chi connectivity index (χ3n) is 8.78. The van der Waals surface area contributed by atoms with Gasteiger partial charge in [0.15, 0.2) is 0 Å². The summed E-state index contributed by atoms with van der Waals surface area (Å²) >= 11 is 1.32. The van der Waals surface area contributed by atoms with Crippen LogP contribution in [0.3, 0.4) is 0 Å². The predicted molar refractivity (Wildman–Crippen MR) is 175 cm³/mol. The summed E-state index contributed by atoms with van der Waals surface area (Å²) in [5, 5.41) is 31.4. The van der Waals surface area contributed by atoms with Gasteiger partial charge in [-0.15, -0.1) is 16.0 Å². The fourth-order valence-electron chi connectivity index (χ4n) is 6.17. The first-order chi connectivity index (χ1) is 23.0. The molecule has 0 saturated carbocycles. The molecule has 6 rings (SSSR count). The lowest BCUT2D eigenvalue weighted by Gasteiger charge is -2.32. The summed E-state index contributed by atoms with van der Waals surface area (Å²) in [5.41, 5.74) is 2.69. The van der Waals surface area contributed by atoms with Gasteiger partial charge in [-0.05, 0) is 80.3 Å². The number of halogens is 3. The predicted octanol–water partition coefficient (Wildman–Crippen LogP) is 2.46. The number of ether oxygens (including phenoxy) is 1. The number of nitrogens with one attached hydrogen (secondary N) is 1. The summed E-state index contributed by atoms with van der Waals surface area (Å²) in [6, 6.07) is 15.9. The molecule has 2 N–H and O–H groups in total. The van der Waals surface area contributed by atoms with Crippen LogP contribution in [0.4, 0.5) is 8.78 Å². The van der Waals surface area contributed by atoms with Crippen LogP contribution in [-0.4, -0.2) is 38.4 Å². The van der Waals surface area contributed by atoms with Crippen LogP contribution in [0.2, 0.25) is 0 Å². The molecular weight excluding hydrogens is 714 g/mol. The normalized spacial score (nSPS) is 16.0. The molecule has 1 fully saturated rings. The molecule has 3 heterocycles. The smallest absolute Gasteiger partial charge is 0.328 e. The zero-order valence-electron chi connectivity index (χ0n) is 27.2. The van der Waals surface area contributed by atoms with E-state index in [1.807, 2.05) is 35.9 Å². The number of aryl methyl sites for hydroxylation is 2. The van der Waals surface area contributed by atoms with Gasteiger partial charge in [0.25, 0.3) is 6.33 Å². The molecule has 0 amide bonds. The molecule has 0 bridgehead atoms. The van der Waals surface area contributed by atoms with Crippen molar-refractivity contribution in [1.29, 1.82) is 5.26 Å². The van der Waals surface area contributed by atoms with Gasteiger partial charge in [-0.3, -0.25) is 0 Å². The van der Waals surface area contributed by atoms with Gasteiger partial charge < -0.3 is 32.1 Å². The summed E-state index contributed by atoms with van der Waals surface area (Å²) in [5.74, 6) is -2.05. The van der Waals surface area contributed by atoms with Crippen LogP contribution in [0.1, 0.15) is 58.5 Å². The quantitative estimate of drug-likeness (QED) is 0.128. The molecule has 0 aliphatic carbocycles. The fourth-order valence-corrected chi connectivity index (χ4v) is 7.14. The Hall–Kier alpha value is -4.35. The van der Waals surface area contributed by atoms with E-state index in [4.69, 9.17) is 15.0 Å². The van der Waals surface area contributed by atoms with Crippen molar-refractivity contribution in [2.24, 2.45) is 0 Å². The highest BCUT2D eigenvalue weighted by Crippen LogP contribution is 2.41. The average molecular weight is 750 g/mol. The second kappa shape index (κ2) is 15.0. The molecule has 5 aromatic rings. The molecule has 0 spiro atoms.